The normalized spacial score (nSPS) is 26.6. The van der Waals surface area contributed by atoms with Crippen LogP contribution in [0.3, 0.4) is 0 Å². The molecule has 0 aromatic carbocycles. The number of carbonyl (C=O) groups is 6. The van der Waals surface area contributed by atoms with Gasteiger partial charge in [-0.15, -0.1) is 0 Å². The fourth-order valence-electron chi connectivity index (χ4n) is 7.24. The molecule has 13 heteroatoms. The number of fused-ring (bicyclic) bond motifs is 1. The lowest BCUT2D eigenvalue weighted by Crippen LogP contribution is -2.62. The first-order chi connectivity index (χ1) is 20.9. The number of hydrogen-bond donors (Lipinski definition) is 4. The topological polar surface area (TPSA) is 186 Å². The summed E-state index contributed by atoms with van der Waals surface area (Å²) in [6, 6.07) is -3.74. The Hall–Kier alpha value is -3.22. The van der Waals surface area contributed by atoms with Crippen molar-refractivity contribution in [2.45, 2.75) is 135 Å². The molecule has 2 heterocycles. The molecule has 5 atom stereocenters. The summed E-state index contributed by atoms with van der Waals surface area (Å²) in [5.41, 5.74) is 3.47. The molecular formula is C32H51N5O8. The van der Waals surface area contributed by atoms with Crippen molar-refractivity contribution in [2.75, 3.05) is 13.1 Å². The molecule has 2 saturated carbocycles. The van der Waals surface area contributed by atoms with Crippen molar-refractivity contribution < 1.29 is 38.2 Å². The lowest BCUT2D eigenvalue weighted by molar-refractivity contribution is -0.153. The Bertz CT molecular complexity index is 1190. The fraction of sp³-hybridized carbons (Fsp3) is 0.812. The molecule has 0 radical (unpaired) electrons. The molecule has 4 fully saturated rings. The van der Waals surface area contributed by atoms with Crippen molar-refractivity contribution in [3.63, 3.8) is 0 Å². The molecule has 0 bridgehead atoms. The van der Waals surface area contributed by atoms with E-state index in [0.29, 0.717) is 25.7 Å². The van der Waals surface area contributed by atoms with Crippen molar-refractivity contribution in [1.29, 1.82) is 0 Å². The number of urea groups is 1. The second-order valence-corrected chi connectivity index (χ2v) is 15.2. The summed E-state index contributed by atoms with van der Waals surface area (Å²) in [5.74, 6) is -3.69. The van der Waals surface area contributed by atoms with Crippen LogP contribution >= 0.6 is 0 Å². The number of ketones is 1. The number of hydrogen-bond acceptors (Lipinski definition) is 8. The highest BCUT2D eigenvalue weighted by Crippen LogP contribution is 2.45. The lowest BCUT2D eigenvalue weighted by atomic mass is 9.70. The largest absolute Gasteiger partial charge is 0.459 e. The lowest BCUT2D eigenvalue weighted by Gasteiger charge is -2.42. The molecule has 1 unspecified atom stereocenters. The van der Waals surface area contributed by atoms with Gasteiger partial charge in [-0.1, -0.05) is 39.0 Å². The van der Waals surface area contributed by atoms with Gasteiger partial charge in [0.1, 0.15) is 24.2 Å². The molecular weight excluding hydrogens is 582 g/mol. The number of nitrogens with zero attached hydrogens (tertiary/aromatic N) is 1. The maximum Gasteiger partial charge on any atom is 0.325 e. The number of Topliss-reactive ketones (excluding diaryl/α,β-unsaturated/α-hetero) is 1. The van der Waals surface area contributed by atoms with Gasteiger partial charge in [0, 0.05) is 12.5 Å². The van der Waals surface area contributed by atoms with E-state index in [0.717, 1.165) is 32.1 Å². The first-order valence-corrected chi connectivity index (χ1v) is 16.3. The van der Waals surface area contributed by atoms with Gasteiger partial charge in [0.2, 0.25) is 17.6 Å². The van der Waals surface area contributed by atoms with Gasteiger partial charge in [-0.25, -0.2) is 4.79 Å². The molecule has 2 aliphatic carbocycles. The molecule has 2 saturated heterocycles. The molecule has 0 aromatic heterocycles. The molecule has 5 N–H and O–H groups in total. The molecule has 0 spiro atoms. The number of primary amides is 1. The van der Waals surface area contributed by atoms with Crippen molar-refractivity contribution >= 4 is 35.5 Å². The summed E-state index contributed by atoms with van der Waals surface area (Å²) < 4.78 is 11.5. The predicted molar refractivity (Wildman–Crippen MR) is 163 cm³/mol. The smallest absolute Gasteiger partial charge is 0.325 e. The first kappa shape index (κ1) is 34.6. The highest BCUT2D eigenvalue weighted by atomic mass is 16.6. The summed E-state index contributed by atoms with van der Waals surface area (Å²) in [6.07, 6.45) is 6.35. The van der Waals surface area contributed by atoms with Gasteiger partial charge < -0.3 is 36.1 Å². The van der Waals surface area contributed by atoms with Crippen LogP contribution in [0.25, 0.3) is 0 Å². The van der Waals surface area contributed by atoms with Crippen molar-refractivity contribution in [3.05, 3.63) is 0 Å². The third kappa shape index (κ3) is 8.74. The van der Waals surface area contributed by atoms with Crippen LogP contribution in [0.15, 0.2) is 0 Å². The molecule has 13 nitrogen and oxygen atoms in total. The molecule has 252 valence electrons. The SMILES string of the molecule is CC(C)(C)OC(=O)CNC(=O)N[C@H](C(=O)N1C[C@@H]2OC(C)(C)C[C@@H]2[C@H]1C(=O)NC(CC1CC1)C(=O)C(N)=O)C1(C)CCCCC1. The zero-order valence-corrected chi connectivity index (χ0v) is 27.5. The maximum absolute atomic E-state index is 14.5. The van der Waals surface area contributed by atoms with Crippen LogP contribution in [0.2, 0.25) is 0 Å². The number of esters is 1. The summed E-state index contributed by atoms with van der Waals surface area (Å²) in [4.78, 5) is 79.9. The Morgan fingerprint density at radius 3 is 2.22 bits per heavy atom. The van der Waals surface area contributed by atoms with Crippen molar-refractivity contribution in [2.24, 2.45) is 23.0 Å². The van der Waals surface area contributed by atoms with Crippen LogP contribution in [-0.2, 0) is 33.4 Å². The van der Waals surface area contributed by atoms with Gasteiger partial charge in [0.05, 0.1) is 17.7 Å². The minimum absolute atomic E-state index is 0.135. The number of amides is 5. The second kappa shape index (κ2) is 13.3. The minimum Gasteiger partial charge on any atom is -0.459 e. The molecule has 2 aliphatic heterocycles. The third-order valence-corrected chi connectivity index (χ3v) is 9.52. The predicted octanol–water partition coefficient (Wildman–Crippen LogP) is 1.70. The van der Waals surface area contributed by atoms with Gasteiger partial charge in [0.15, 0.2) is 0 Å². The van der Waals surface area contributed by atoms with E-state index in [1.165, 1.54) is 4.90 Å². The van der Waals surface area contributed by atoms with Gasteiger partial charge in [-0.05, 0) is 71.6 Å². The number of likely N-dealkylation sites (tertiary alicyclic amines) is 1. The number of nitrogens with two attached hydrogens (primary N) is 1. The summed E-state index contributed by atoms with van der Waals surface area (Å²) >= 11 is 0. The highest BCUT2D eigenvalue weighted by Gasteiger charge is 2.57. The Morgan fingerprint density at radius 1 is 1.00 bits per heavy atom. The number of carbonyl (C=O) groups excluding carboxylic acids is 6. The van der Waals surface area contributed by atoms with Crippen LogP contribution < -0.4 is 21.7 Å². The average Bonchev–Trinajstić information content (AvgIpc) is 3.61. The Balaban J connectivity index is 1.58. The monoisotopic (exact) mass is 633 g/mol. The van der Waals surface area contributed by atoms with Crippen LogP contribution in [0, 0.1) is 17.3 Å². The molecule has 45 heavy (non-hydrogen) atoms. The third-order valence-electron chi connectivity index (χ3n) is 9.52. The van der Waals surface area contributed by atoms with Gasteiger partial charge in [0.25, 0.3) is 5.91 Å². The molecule has 5 amide bonds. The maximum atomic E-state index is 14.5. The van der Waals surface area contributed by atoms with Crippen LogP contribution in [0.4, 0.5) is 4.79 Å². The van der Waals surface area contributed by atoms with Gasteiger partial charge in [-0.3, -0.25) is 24.0 Å². The summed E-state index contributed by atoms with van der Waals surface area (Å²) in [5, 5.41) is 8.12. The van der Waals surface area contributed by atoms with Crippen molar-refractivity contribution in [3.8, 4) is 0 Å². The number of ether oxygens (including phenoxy) is 2. The summed E-state index contributed by atoms with van der Waals surface area (Å²) in [7, 11) is 0. The Morgan fingerprint density at radius 2 is 1.64 bits per heavy atom. The van der Waals surface area contributed by atoms with Gasteiger partial charge in [-0.2, -0.15) is 0 Å². The van der Waals surface area contributed by atoms with Crippen molar-refractivity contribution in [1.82, 2.24) is 20.9 Å². The van der Waals surface area contributed by atoms with Crippen LogP contribution in [0.5, 0.6) is 0 Å². The van der Waals surface area contributed by atoms with E-state index in [1.807, 2.05) is 20.8 Å². The van der Waals surface area contributed by atoms with E-state index in [-0.39, 0.29) is 24.9 Å². The zero-order chi connectivity index (χ0) is 33.3. The highest BCUT2D eigenvalue weighted by molar-refractivity contribution is 6.37. The average molecular weight is 634 g/mol. The van der Waals surface area contributed by atoms with E-state index in [1.54, 1.807) is 20.8 Å². The van der Waals surface area contributed by atoms with E-state index in [9.17, 15) is 28.8 Å². The summed E-state index contributed by atoms with van der Waals surface area (Å²) in [6.45, 7) is 10.8. The Labute approximate surface area is 265 Å². The van der Waals surface area contributed by atoms with E-state index >= 15 is 0 Å². The van der Waals surface area contributed by atoms with E-state index in [2.05, 4.69) is 16.0 Å². The zero-order valence-electron chi connectivity index (χ0n) is 27.5. The Kier molecular flexibility index (Phi) is 10.2. The second-order valence-electron chi connectivity index (χ2n) is 15.2. The first-order valence-electron chi connectivity index (χ1n) is 16.3. The fourth-order valence-corrected chi connectivity index (χ4v) is 7.24. The number of nitrogens with one attached hydrogen (secondary N) is 3. The molecule has 4 aliphatic rings. The minimum atomic E-state index is -1.12. The number of rotatable bonds is 11. The van der Waals surface area contributed by atoms with Crippen LogP contribution in [-0.4, -0.2) is 88.9 Å². The standard InChI is InChI=1S/C32H51N5O8/c1-30(2,3)45-22(38)16-34-29(43)36-25(32(6)12-8-7-9-13-32)28(42)37-17-21-19(15-31(4,5)44-21)23(37)27(41)35-20(14-18-10-11-18)24(39)26(33)40/h18-21,23,25H,7-17H2,1-6H3,(H2,33,40)(H,35,41)(H2,34,36,43)/t19-,20?,21-,23-,25+/m0/s1. The van der Waals surface area contributed by atoms with Gasteiger partial charge >= 0.3 is 12.0 Å². The molecule has 0 aromatic rings. The van der Waals surface area contributed by atoms with Crippen LogP contribution in [0.1, 0.15) is 99.3 Å². The van der Waals surface area contributed by atoms with E-state index in [4.69, 9.17) is 15.2 Å². The van der Waals surface area contributed by atoms with E-state index < -0.39 is 76.4 Å². The molecule has 4 rings (SSSR count). The quantitative estimate of drug-likeness (QED) is 0.196.